The molecule has 13 heavy (non-hydrogen) atoms. The average Bonchev–Trinajstić information content (AvgIpc) is 2.20. The van der Waals surface area contributed by atoms with Gasteiger partial charge in [0.05, 0.1) is 11.9 Å². The summed E-state index contributed by atoms with van der Waals surface area (Å²) in [5.74, 6) is 0.135. The number of carbonyl (C=O) groups excluding carboxylic acids is 1. The predicted octanol–water partition coefficient (Wildman–Crippen LogP) is 1.84. The van der Waals surface area contributed by atoms with E-state index in [4.69, 9.17) is 0 Å². The Balaban J connectivity index is 2.85. The largest absolute Gasteiger partial charge is 0.311 e. The van der Waals surface area contributed by atoms with E-state index in [-0.39, 0.29) is 5.91 Å². The summed E-state index contributed by atoms with van der Waals surface area (Å²) in [6.45, 7) is 4.51. The molecule has 0 aromatic carbocycles. The standard InChI is InChI=1S/C10H14N2O/c1-3-10(13)12(4-2)9-6-5-7-11-8-9/h5-8H,3-4H2,1-2H3. The van der Waals surface area contributed by atoms with E-state index >= 15 is 0 Å². The minimum atomic E-state index is 0.135. The Morgan fingerprint density at radius 2 is 2.31 bits per heavy atom. The zero-order chi connectivity index (χ0) is 9.68. The van der Waals surface area contributed by atoms with Gasteiger partial charge in [-0.1, -0.05) is 6.92 Å². The SMILES string of the molecule is CCC(=O)N(CC)c1cccnc1. The van der Waals surface area contributed by atoms with Gasteiger partial charge in [-0.15, -0.1) is 0 Å². The van der Waals surface area contributed by atoms with Gasteiger partial charge in [0.2, 0.25) is 5.91 Å². The quantitative estimate of drug-likeness (QED) is 0.707. The minimum absolute atomic E-state index is 0.135. The summed E-state index contributed by atoms with van der Waals surface area (Å²) >= 11 is 0. The number of hydrogen-bond acceptors (Lipinski definition) is 2. The van der Waals surface area contributed by atoms with E-state index in [0.29, 0.717) is 13.0 Å². The molecule has 0 bridgehead atoms. The summed E-state index contributed by atoms with van der Waals surface area (Å²) in [5.41, 5.74) is 0.872. The lowest BCUT2D eigenvalue weighted by atomic mass is 10.3. The second-order valence-electron chi connectivity index (χ2n) is 2.70. The fraction of sp³-hybridized carbons (Fsp3) is 0.400. The van der Waals surface area contributed by atoms with Crippen molar-refractivity contribution in [2.45, 2.75) is 20.3 Å². The molecule has 0 saturated heterocycles. The van der Waals surface area contributed by atoms with Gasteiger partial charge in [0.25, 0.3) is 0 Å². The number of amides is 1. The van der Waals surface area contributed by atoms with Crippen molar-refractivity contribution in [3.63, 3.8) is 0 Å². The summed E-state index contributed by atoms with van der Waals surface area (Å²) < 4.78 is 0. The van der Waals surface area contributed by atoms with Crippen molar-refractivity contribution in [1.29, 1.82) is 0 Å². The maximum Gasteiger partial charge on any atom is 0.226 e. The van der Waals surface area contributed by atoms with Crippen molar-refractivity contribution < 1.29 is 4.79 Å². The molecule has 0 fully saturated rings. The molecular weight excluding hydrogens is 164 g/mol. The van der Waals surface area contributed by atoms with Gasteiger partial charge in [-0.3, -0.25) is 9.78 Å². The van der Waals surface area contributed by atoms with Gasteiger partial charge in [0.15, 0.2) is 0 Å². The Hall–Kier alpha value is -1.38. The molecule has 0 atom stereocenters. The van der Waals surface area contributed by atoms with Gasteiger partial charge in [-0.2, -0.15) is 0 Å². The summed E-state index contributed by atoms with van der Waals surface area (Å²) in [4.78, 5) is 17.1. The van der Waals surface area contributed by atoms with Gasteiger partial charge in [-0.25, -0.2) is 0 Å². The highest BCUT2D eigenvalue weighted by molar-refractivity contribution is 5.92. The molecule has 0 aliphatic heterocycles. The number of nitrogens with zero attached hydrogens (tertiary/aromatic N) is 2. The number of rotatable bonds is 3. The van der Waals surface area contributed by atoms with Crippen LogP contribution >= 0.6 is 0 Å². The van der Waals surface area contributed by atoms with Crippen LogP contribution in [0.4, 0.5) is 5.69 Å². The molecule has 0 aliphatic carbocycles. The Bertz CT molecular complexity index is 272. The van der Waals surface area contributed by atoms with E-state index in [9.17, 15) is 4.79 Å². The topological polar surface area (TPSA) is 33.2 Å². The predicted molar refractivity (Wildman–Crippen MR) is 52.6 cm³/mol. The van der Waals surface area contributed by atoms with Crippen molar-refractivity contribution in [3.05, 3.63) is 24.5 Å². The van der Waals surface area contributed by atoms with Crippen LogP contribution in [0.25, 0.3) is 0 Å². The number of hydrogen-bond donors (Lipinski definition) is 0. The summed E-state index contributed by atoms with van der Waals surface area (Å²) in [6, 6.07) is 3.73. The molecule has 1 heterocycles. The Kier molecular flexibility index (Phi) is 3.43. The minimum Gasteiger partial charge on any atom is -0.311 e. The number of anilines is 1. The van der Waals surface area contributed by atoms with Crippen molar-refractivity contribution in [2.24, 2.45) is 0 Å². The Morgan fingerprint density at radius 3 is 2.77 bits per heavy atom. The molecule has 1 aromatic heterocycles. The fourth-order valence-electron chi connectivity index (χ4n) is 1.21. The first kappa shape index (κ1) is 9.71. The normalized spacial score (nSPS) is 9.69. The highest BCUT2D eigenvalue weighted by atomic mass is 16.2. The average molecular weight is 178 g/mol. The first-order valence-corrected chi connectivity index (χ1v) is 4.50. The zero-order valence-electron chi connectivity index (χ0n) is 8.03. The van der Waals surface area contributed by atoms with E-state index < -0.39 is 0 Å². The van der Waals surface area contributed by atoms with Gasteiger partial charge in [0, 0.05) is 19.2 Å². The molecule has 1 aromatic rings. The smallest absolute Gasteiger partial charge is 0.226 e. The van der Waals surface area contributed by atoms with Crippen molar-refractivity contribution in [1.82, 2.24) is 4.98 Å². The molecular formula is C10H14N2O. The lowest BCUT2D eigenvalue weighted by molar-refractivity contribution is -0.118. The molecule has 0 radical (unpaired) electrons. The van der Waals surface area contributed by atoms with Crippen LogP contribution in [0, 0.1) is 0 Å². The Labute approximate surface area is 78.4 Å². The number of carbonyl (C=O) groups is 1. The van der Waals surface area contributed by atoms with Gasteiger partial charge < -0.3 is 4.90 Å². The highest BCUT2D eigenvalue weighted by Gasteiger charge is 2.10. The van der Waals surface area contributed by atoms with Gasteiger partial charge >= 0.3 is 0 Å². The third-order valence-electron chi connectivity index (χ3n) is 1.88. The van der Waals surface area contributed by atoms with Crippen LogP contribution in [0.5, 0.6) is 0 Å². The number of pyridine rings is 1. The third-order valence-corrected chi connectivity index (χ3v) is 1.88. The summed E-state index contributed by atoms with van der Waals surface area (Å²) in [7, 11) is 0. The van der Waals surface area contributed by atoms with Crippen LogP contribution in [-0.2, 0) is 4.79 Å². The molecule has 0 spiro atoms. The van der Waals surface area contributed by atoms with Crippen LogP contribution in [0.15, 0.2) is 24.5 Å². The summed E-state index contributed by atoms with van der Waals surface area (Å²) in [5, 5.41) is 0. The fourth-order valence-corrected chi connectivity index (χ4v) is 1.21. The zero-order valence-corrected chi connectivity index (χ0v) is 8.03. The Morgan fingerprint density at radius 1 is 1.54 bits per heavy atom. The third kappa shape index (κ3) is 2.28. The van der Waals surface area contributed by atoms with E-state index in [1.165, 1.54) is 0 Å². The molecule has 0 aliphatic rings. The van der Waals surface area contributed by atoms with Crippen LogP contribution < -0.4 is 4.90 Å². The molecule has 1 rings (SSSR count). The van der Waals surface area contributed by atoms with E-state index in [2.05, 4.69) is 4.98 Å². The van der Waals surface area contributed by atoms with Crippen molar-refractivity contribution in [2.75, 3.05) is 11.4 Å². The van der Waals surface area contributed by atoms with Crippen molar-refractivity contribution >= 4 is 11.6 Å². The highest BCUT2D eigenvalue weighted by Crippen LogP contribution is 2.11. The molecule has 1 amide bonds. The van der Waals surface area contributed by atoms with Gasteiger partial charge in [-0.05, 0) is 19.1 Å². The van der Waals surface area contributed by atoms with E-state index in [1.807, 2.05) is 26.0 Å². The lowest BCUT2D eigenvalue weighted by Crippen LogP contribution is -2.29. The van der Waals surface area contributed by atoms with Crippen LogP contribution in [0.3, 0.4) is 0 Å². The first-order valence-electron chi connectivity index (χ1n) is 4.50. The molecule has 70 valence electrons. The maximum absolute atomic E-state index is 11.4. The number of aromatic nitrogens is 1. The lowest BCUT2D eigenvalue weighted by Gasteiger charge is -2.19. The van der Waals surface area contributed by atoms with E-state index in [1.54, 1.807) is 17.3 Å². The van der Waals surface area contributed by atoms with Gasteiger partial charge in [0.1, 0.15) is 0 Å². The first-order chi connectivity index (χ1) is 6.29. The van der Waals surface area contributed by atoms with Crippen LogP contribution in [0.1, 0.15) is 20.3 Å². The molecule has 3 heteroatoms. The van der Waals surface area contributed by atoms with Crippen LogP contribution in [0.2, 0.25) is 0 Å². The molecule has 0 saturated carbocycles. The molecule has 0 N–H and O–H groups in total. The van der Waals surface area contributed by atoms with E-state index in [0.717, 1.165) is 5.69 Å². The molecule has 0 unspecified atom stereocenters. The van der Waals surface area contributed by atoms with Crippen LogP contribution in [-0.4, -0.2) is 17.4 Å². The second kappa shape index (κ2) is 4.60. The van der Waals surface area contributed by atoms with Crippen molar-refractivity contribution in [3.8, 4) is 0 Å². The maximum atomic E-state index is 11.4. The second-order valence-corrected chi connectivity index (χ2v) is 2.70. The summed E-state index contributed by atoms with van der Waals surface area (Å²) in [6.07, 6.45) is 3.94. The molecule has 3 nitrogen and oxygen atoms in total. The monoisotopic (exact) mass is 178 g/mol.